The first-order valence-corrected chi connectivity index (χ1v) is 14.3. The molecular formula is C34H39NO6. The average Bonchev–Trinajstić information content (AvgIpc) is 2.88. The van der Waals surface area contributed by atoms with Gasteiger partial charge in [-0.1, -0.05) is 64.1 Å². The van der Waals surface area contributed by atoms with Gasteiger partial charge in [0, 0.05) is 47.8 Å². The molecule has 2 aromatic carbocycles. The normalized spacial score (nSPS) is 20.1. The van der Waals surface area contributed by atoms with Crippen LogP contribution in [-0.2, 0) is 20.9 Å². The topological polar surface area (TPSA) is 93.1 Å². The molecule has 0 bridgehead atoms. The van der Waals surface area contributed by atoms with Crippen molar-refractivity contribution in [3.63, 3.8) is 0 Å². The standard InChI is InChI=1S/C34H39NO6/c1-6-40-28-14-22(12-13-27(28)41-20-29(38)39)30-31-23(15-33(2,3)17-25(31)36)35(19-21-10-8-7-9-11-21)24-16-34(4,5)18-26(37)32(24)30/h7-14,30H,6,15-20H2,1-5H3,(H,38,39). The predicted molar refractivity (Wildman–Crippen MR) is 156 cm³/mol. The van der Waals surface area contributed by atoms with Crippen LogP contribution in [0.5, 0.6) is 11.5 Å². The van der Waals surface area contributed by atoms with Gasteiger partial charge in [0.05, 0.1) is 6.61 Å². The molecule has 0 radical (unpaired) electrons. The van der Waals surface area contributed by atoms with Crippen molar-refractivity contribution >= 4 is 17.5 Å². The molecule has 2 aromatic rings. The van der Waals surface area contributed by atoms with E-state index in [4.69, 9.17) is 14.6 Å². The molecule has 0 unspecified atom stereocenters. The number of allylic oxidation sites excluding steroid dienone is 4. The van der Waals surface area contributed by atoms with Crippen LogP contribution in [-0.4, -0.2) is 40.8 Å². The molecule has 7 nitrogen and oxygen atoms in total. The highest BCUT2D eigenvalue weighted by Crippen LogP contribution is 2.55. The highest BCUT2D eigenvalue weighted by molar-refractivity contribution is 6.06. The fourth-order valence-electron chi connectivity index (χ4n) is 6.57. The Morgan fingerprint density at radius 2 is 1.44 bits per heavy atom. The van der Waals surface area contributed by atoms with Gasteiger partial charge in [-0.25, -0.2) is 4.79 Å². The zero-order chi connectivity index (χ0) is 29.5. The van der Waals surface area contributed by atoms with Crippen molar-refractivity contribution < 1.29 is 29.0 Å². The number of nitrogens with zero attached hydrogens (tertiary/aromatic N) is 1. The van der Waals surface area contributed by atoms with Gasteiger partial charge >= 0.3 is 5.97 Å². The number of carboxylic acids is 1. The van der Waals surface area contributed by atoms with E-state index in [2.05, 4.69) is 44.7 Å². The number of benzene rings is 2. The number of ether oxygens (including phenoxy) is 2. The molecular weight excluding hydrogens is 518 g/mol. The minimum absolute atomic E-state index is 0.0626. The van der Waals surface area contributed by atoms with Crippen molar-refractivity contribution in [2.24, 2.45) is 10.8 Å². The summed E-state index contributed by atoms with van der Waals surface area (Å²) in [4.78, 5) is 41.5. The maximum atomic E-state index is 14.0. The minimum atomic E-state index is -1.09. The molecule has 0 fully saturated rings. The lowest BCUT2D eigenvalue weighted by Crippen LogP contribution is -2.44. The summed E-state index contributed by atoms with van der Waals surface area (Å²) in [6.07, 6.45) is 2.26. The molecule has 1 aliphatic heterocycles. The maximum Gasteiger partial charge on any atom is 0.341 e. The van der Waals surface area contributed by atoms with Crippen molar-refractivity contribution in [2.75, 3.05) is 13.2 Å². The van der Waals surface area contributed by atoms with E-state index in [-0.39, 0.29) is 22.4 Å². The summed E-state index contributed by atoms with van der Waals surface area (Å²) < 4.78 is 11.4. The van der Waals surface area contributed by atoms with Gasteiger partial charge in [-0.3, -0.25) is 9.59 Å². The molecule has 0 saturated carbocycles. The molecule has 1 heterocycles. The molecule has 0 aromatic heterocycles. The van der Waals surface area contributed by atoms with Crippen molar-refractivity contribution in [3.05, 3.63) is 82.2 Å². The van der Waals surface area contributed by atoms with Gasteiger partial charge in [-0.15, -0.1) is 0 Å². The minimum Gasteiger partial charge on any atom is -0.490 e. The van der Waals surface area contributed by atoms with E-state index in [0.29, 0.717) is 48.6 Å². The Bertz CT molecular complexity index is 1390. The first-order valence-electron chi connectivity index (χ1n) is 14.3. The van der Waals surface area contributed by atoms with Crippen molar-refractivity contribution in [1.82, 2.24) is 4.90 Å². The largest absolute Gasteiger partial charge is 0.490 e. The van der Waals surface area contributed by atoms with Gasteiger partial charge in [-0.2, -0.15) is 0 Å². The zero-order valence-electron chi connectivity index (χ0n) is 24.6. The Hall–Kier alpha value is -3.87. The lowest BCUT2D eigenvalue weighted by atomic mass is 9.63. The van der Waals surface area contributed by atoms with E-state index in [9.17, 15) is 14.4 Å². The molecule has 0 saturated heterocycles. The number of aliphatic carboxylic acids is 1. The summed E-state index contributed by atoms with van der Waals surface area (Å²) in [5.41, 5.74) is 4.83. The van der Waals surface area contributed by atoms with E-state index in [1.54, 1.807) is 6.07 Å². The summed E-state index contributed by atoms with van der Waals surface area (Å²) in [6, 6.07) is 15.5. The SMILES string of the molecule is CCOc1cc(C2C3=C(CC(C)(C)CC3=O)N(Cc3ccccc3)C3=C2C(=O)CC(C)(C)C3)ccc1OCC(=O)O. The van der Waals surface area contributed by atoms with Crippen LogP contribution >= 0.6 is 0 Å². The number of hydrogen-bond donors (Lipinski definition) is 1. The van der Waals surface area contributed by atoms with Crippen LogP contribution in [0, 0.1) is 10.8 Å². The van der Waals surface area contributed by atoms with E-state index >= 15 is 0 Å². The first-order chi connectivity index (χ1) is 19.4. The van der Waals surface area contributed by atoms with Crippen molar-refractivity contribution in [2.45, 2.75) is 72.8 Å². The van der Waals surface area contributed by atoms with Crippen LogP contribution in [0.3, 0.4) is 0 Å². The zero-order valence-corrected chi connectivity index (χ0v) is 24.6. The summed E-state index contributed by atoms with van der Waals surface area (Å²) in [7, 11) is 0. The van der Waals surface area contributed by atoms with Gasteiger partial charge in [-0.05, 0) is 53.9 Å². The molecule has 5 rings (SSSR count). The molecule has 3 aliphatic rings. The number of carbonyl (C=O) groups excluding carboxylic acids is 2. The second-order valence-corrected chi connectivity index (χ2v) is 12.9. The molecule has 0 atom stereocenters. The van der Waals surface area contributed by atoms with Gasteiger partial charge in [0.2, 0.25) is 0 Å². The van der Waals surface area contributed by atoms with Gasteiger partial charge in [0.1, 0.15) is 0 Å². The van der Waals surface area contributed by atoms with E-state index in [1.165, 1.54) is 0 Å². The van der Waals surface area contributed by atoms with E-state index < -0.39 is 18.5 Å². The molecule has 41 heavy (non-hydrogen) atoms. The van der Waals surface area contributed by atoms with Crippen LogP contribution in [0.1, 0.15) is 77.3 Å². The molecule has 216 valence electrons. The molecule has 1 N–H and O–H groups in total. The lowest BCUT2D eigenvalue weighted by Gasteiger charge is -2.49. The number of carboxylic acid groups (broad SMARTS) is 1. The van der Waals surface area contributed by atoms with Crippen molar-refractivity contribution in [3.8, 4) is 11.5 Å². The molecule has 7 heteroatoms. The molecule has 0 spiro atoms. The van der Waals surface area contributed by atoms with Crippen LogP contribution in [0.2, 0.25) is 0 Å². The highest BCUT2D eigenvalue weighted by atomic mass is 16.5. The van der Waals surface area contributed by atoms with E-state index in [0.717, 1.165) is 35.4 Å². The van der Waals surface area contributed by atoms with E-state index in [1.807, 2.05) is 37.3 Å². The summed E-state index contributed by atoms with van der Waals surface area (Å²) in [6.45, 7) is 10.8. The monoisotopic (exact) mass is 557 g/mol. The van der Waals surface area contributed by atoms with Crippen LogP contribution < -0.4 is 9.47 Å². The Morgan fingerprint density at radius 3 is 1.98 bits per heavy atom. The second kappa shape index (κ2) is 10.8. The average molecular weight is 558 g/mol. The maximum absolute atomic E-state index is 14.0. The number of carbonyl (C=O) groups is 3. The smallest absolute Gasteiger partial charge is 0.341 e. The van der Waals surface area contributed by atoms with Crippen LogP contribution in [0.4, 0.5) is 0 Å². The Labute approximate surface area is 241 Å². The first kappa shape index (κ1) is 28.7. The third kappa shape index (κ3) is 5.81. The van der Waals surface area contributed by atoms with Crippen molar-refractivity contribution in [1.29, 1.82) is 0 Å². The fraction of sp³-hybridized carbons (Fsp3) is 0.441. The Balaban J connectivity index is 1.72. The summed E-state index contributed by atoms with van der Waals surface area (Å²) >= 11 is 0. The van der Waals surface area contributed by atoms with Gasteiger partial charge in [0.15, 0.2) is 29.7 Å². The third-order valence-electron chi connectivity index (χ3n) is 8.16. The van der Waals surface area contributed by atoms with Crippen LogP contribution in [0.15, 0.2) is 71.1 Å². The number of hydrogen-bond acceptors (Lipinski definition) is 6. The lowest BCUT2D eigenvalue weighted by molar-refractivity contribution is -0.139. The van der Waals surface area contributed by atoms with Gasteiger partial charge < -0.3 is 19.5 Å². The quantitative estimate of drug-likeness (QED) is 0.400. The fourth-order valence-corrected chi connectivity index (χ4v) is 6.57. The summed E-state index contributed by atoms with van der Waals surface area (Å²) in [5, 5.41) is 9.13. The molecule has 0 amide bonds. The second-order valence-electron chi connectivity index (χ2n) is 12.9. The molecule has 2 aliphatic carbocycles. The summed E-state index contributed by atoms with van der Waals surface area (Å²) in [5.74, 6) is -0.769. The Kier molecular flexibility index (Phi) is 7.58. The van der Waals surface area contributed by atoms with Crippen LogP contribution in [0.25, 0.3) is 0 Å². The highest BCUT2D eigenvalue weighted by Gasteiger charge is 2.49. The predicted octanol–water partition coefficient (Wildman–Crippen LogP) is 6.43. The number of rotatable bonds is 8. The number of ketones is 2. The number of Topliss-reactive ketones (excluding diaryl/α,β-unsaturated/α-hetero) is 2. The van der Waals surface area contributed by atoms with Gasteiger partial charge in [0.25, 0.3) is 0 Å². The third-order valence-corrected chi connectivity index (χ3v) is 8.16. The Morgan fingerprint density at radius 1 is 0.854 bits per heavy atom.